The van der Waals surface area contributed by atoms with Crippen molar-refractivity contribution in [3.05, 3.63) is 81.4 Å². The zero-order valence-corrected chi connectivity index (χ0v) is 11.7. The molecule has 0 radical (unpaired) electrons. The van der Waals surface area contributed by atoms with Gasteiger partial charge in [0.15, 0.2) is 11.6 Å². The fourth-order valence-electron chi connectivity index (χ4n) is 2.41. The molecule has 0 fully saturated rings. The van der Waals surface area contributed by atoms with Crippen molar-refractivity contribution in [3.8, 4) is 6.07 Å². The van der Waals surface area contributed by atoms with E-state index in [9.17, 15) is 18.0 Å². The van der Waals surface area contributed by atoms with Crippen LogP contribution in [0.1, 0.15) is 11.1 Å². The van der Waals surface area contributed by atoms with Crippen LogP contribution in [0.5, 0.6) is 0 Å². The van der Waals surface area contributed by atoms with E-state index in [1.54, 1.807) is 12.1 Å². The number of hydrogen-bond donors (Lipinski definition) is 0. The van der Waals surface area contributed by atoms with E-state index in [0.29, 0.717) is 5.56 Å². The number of hydrogen-bond acceptors (Lipinski definition) is 2. The Kier molecular flexibility index (Phi) is 3.62. The predicted octanol–water partition coefficient (Wildman–Crippen LogP) is 3.34. The van der Waals surface area contributed by atoms with Crippen LogP contribution in [0, 0.1) is 28.8 Å². The molecule has 23 heavy (non-hydrogen) atoms. The molecule has 0 aliphatic carbocycles. The van der Waals surface area contributed by atoms with Crippen LogP contribution >= 0.6 is 0 Å². The van der Waals surface area contributed by atoms with Crippen LogP contribution in [0.15, 0.2) is 47.4 Å². The summed E-state index contributed by atoms with van der Waals surface area (Å²) >= 11 is 0. The van der Waals surface area contributed by atoms with E-state index in [1.165, 1.54) is 29.0 Å². The van der Waals surface area contributed by atoms with Crippen LogP contribution < -0.4 is 5.43 Å². The number of pyridine rings is 1. The first-order valence-corrected chi connectivity index (χ1v) is 6.67. The molecule has 0 unspecified atom stereocenters. The summed E-state index contributed by atoms with van der Waals surface area (Å²) < 4.78 is 42.1. The number of benzene rings is 2. The second-order valence-electron chi connectivity index (χ2n) is 4.99. The topological polar surface area (TPSA) is 45.8 Å². The summed E-state index contributed by atoms with van der Waals surface area (Å²) in [6.45, 7) is -0.0246. The first-order chi connectivity index (χ1) is 11.0. The Morgan fingerprint density at radius 1 is 1.04 bits per heavy atom. The Balaban J connectivity index is 2.30. The van der Waals surface area contributed by atoms with Gasteiger partial charge in [0, 0.05) is 17.8 Å². The van der Waals surface area contributed by atoms with Crippen LogP contribution in [0.3, 0.4) is 0 Å². The molecule has 3 aromatic rings. The van der Waals surface area contributed by atoms with Crippen LogP contribution in [0.4, 0.5) is 13.2 Å². The molecule has 0 aliphatic rings. The van der Waals surface area contributed by atoms with E-state index in [0.717, 1.165) is 12.1 Å². The number of aromatic nitrogens is 1. The molecule has 2 aromatic carbocycles. The molecule has 0 aliphatic heterocycles. The molecule has 3 nitrogen and oxygen atoms in total. The molecule has 0 atom stereocenters. The third-order valence-corrected chi connectivity index (χ3v) is 3.54. The minimum absolute atomic E-state index is 0.0246. The Hall–Kier alpha value is -3.07. The van der Waals surface area contributed by atoms with Gasteiger partial charge in [-0.15, -0.1) is 0 Å². The Labute approximate surface area is 128 Å². The van der Waals surface area contributed by atoms with Crippen LogP contribution in [0.2, 0.25) is 0 Å². The van der Waals surface area contributed by atoms with Crippen molar-refractivity contribution >= 4 is 10.9 Å². The number of rotatable bonds is 2. The molecular weight excluding hydrogens is 305 g/mol. The average Bonchev–Trinajstić information content (AvgIpc) is 2.54. The molecule has 3 rings (SSSR count). The van der Waals surface area contributed by atoms with Gasteiger partial charge < -0.3 is 4.57 Å². The van der Waals surface area contributed by atoms with E-state index >= 15 is 0 Å². The SMILES string of the molecule is N#Cc1cn(Cc2ccccc2F)c2cc(F)c(F)cc2c1=O. The summed E-state index contributed by atoms with van der Waals surface area (Å²) in [6, 6.07) is 9.31. The van der Waals surface area contributed by atoms with Crippen LogP contribution in [-0.4, -0.2) is 4.57 Å². The van der Waals surface area contributed by atoms with Gasteiger partial charge in [-0.25, -0.2) is 13.2 Å². The number of halogens is 3. The van der Waals surface area contributed by atoms with Gasteiger partial charge in [0.25, 0.3) is 0 Å². The third-order valence-electron chi connectivity index (χ3n) is 3.54. The van der Waals surface area contributed by atoms with Crippen molar-refractivity contribution in [2.45, 2.75) is 6.54 Å². The lowest BCUT2D eigenvalue weighted by Crippen LogP contribution is -2.14. The Bertz CT molecular complexity index is 1020. The van der Waals surface area contributed by atoms with Crippen molar-refractivity contribution < 1.29 is 13.2 Å². The molecule has 1 aromatic heterocycles. The van der Waals surface area contributed by atoms with Gasteiger partial charge in [0.2, 0.25) is 5.43 Å². The third kappa shape index (κ3) is 2.57. The van der Waals surface area contributed by atoms with Crippen molar-refractivity contribution in [3.63, 3.8) is 0 Å². The van der Waals surface area contributed by atoms with Gasteiger partial charge in [-0.05, 0) is 12.1 Å². The lowest BCUT2D eigenvalue weighted by molar-refractivity contribution is 0.510. The minimum Gasteiger partial charge on any atom is -0.341 e. The van der Waals surface area contributed by atoms with Crippen molar-refractivity contribution in [2.24, 2.45) is 0 Å². The molecule has 1 heterocycles. The molecule has 0 amide bonds. The molecule has 0 bridgehead atoms. The van der Waals surface area contributed by atoms with Crippen LogP contribution in [0.25, 0.3) is 10.9 Å². The van der Waals surface area contributed by atoms with Gasteiger partial charge in [-0.3, -0.25) is 4.79 Å². The molecule has 114 valence electrons. The molecule has 0 N–H and O–H groups in total. The van der Waals surface area contributed by atoms with E-state index in [4.69, 9.17) is 5.26 Å². The standard InChI is InChI=1S/C17H9F3N2O/c18-13-4-2-1-3-10(13)8-22-9-11(7-21)17(23)12-5-14(19)15(20)6-16(12)22/h1-6,9H,8H2. The predicted molar refractivity (Wildman–Crippen MR) is 78.3 cm³/mol. The highest BCUT2D eigenvalue weighted by Gasteiger charge is 2.14. The summed E-state index contributed by atoms with van der Waals surface area (Å²) in [4.78, 5) is 12.1. The van der Waals surface area contributed by atoms with E-state index in [2.05, 4.69) is 0 Å². The quantitative estimate of drug-likeness (QED) is 0.728. The number of nitriles is 1. The van der Waals surface area contributed by atoms with Crippen LogP contribution in [-0.2, 0) is 6.54 Å². The molecule has 0 spiro atoms. The molecule has 0 saturated heterocycles. The van der Waals surface area contributed by atoms with Gasteiger partial charge in [-0.2, -0.15) is 5.26 Å². The summed E-state index contributed by atoms with van der Waals surface area (Å²) in [5, 5.41) is 8.92. The first kappa shape index (κ1) is 14.9. The van der Waals surface area contributed by atoms with Gasteiger partial charge in [0.1, 0.15) is 17.4 Å². The zero-order chi connectivity index (χ0) is 16.6. The fraction of sp³-hybridized carbons (Fsp3) is 0.0588. The summed E-state index contributed by atoms with van der Waals surface area (Å²) in [5.41, 5.74) is -0.520. The van der Waals surface area contributed by atoms with Gasteiger partial charge in [0.05, 0.1) is 17.4 Å². The lowest BCUT2D eigenvalue weighted by Gasteiger charge is -2.12. The van der Waals surface area contributed by atoms with Gasteiger partial charge >= 0.3 is 0 Å². The highest BCUT2D eigenvalue weighted by atomic mass is 19.2. The largest absolute Gasteiger partial charge is 0.341 e. The maximum Gasteiger partial charge on any atom is 0.207 e. The minimum atomic E-state index is -1.18. The Morgan fingerprint density at radius 2 is 1.74 bits per heavy atom. The lowest BCUT2D eigenvalue weighted by atomic mass is 10.1. The monoisotopic (exact) mass is 314 g/mol. The number of nitrogens with zero attached hydrogens (tertiary/aromatic N) is 2. The van der Waals surface area contributed by atoms with E-state index in [-0.39, 0.29) is 23.0 Å². The summed E-state index contributed by atoms with van der Waals surface area (Å²) in [6.07, 6.45) is 1.22. The highest BCUT2D eigenvalue weighted by Crippen LogP contribution is 2.19. The normalized spacial score (nSPS) is 10.7. The average molecular weight is 314 g/mol. The first-order valence-electron chi connectivity index (χ1n) is 6.67. The maximum atomic E-state index is 13.8. The fourth-order valence-corrected chi connectivity index (χ4v) is 2.41. The van der Waals surface area contributed by atoms with E-state index < -0.39 is 22.9 Å². The smallest absolute Gasteiger partial charge is 0.207 e. The number of fused-ring (bicyclic) bond motifs is 1. The molecular formula is C17H9F3N2O. The second-order valence-corrected chi connectivity index (χ2v) is 4.99. The summed E-state index contributed by atoms with van der Waals surface area (Å²) in [5.74, 6) is -2.77. The maximum absolute atomic E-state index is 13.8. The zero-order valence-electron chi connectivity index (χ0n) is 11.7. The molecule has 6 heteroatoms. The van der Waals surface area contributed by atoms with Crippen molar-refractivity contribution in [2.75, 3.05) is 0 Å². The van der Waals surface area contributed by atoms with Crippen molar-refractivity contribution in [1.29, 1.82) is 5.26 Å². The second kappa shape index (κ2) is 5.61. The summed E-state index contributed by atoms with van der Waals surface area (Å²) in [7, 11) is 0. The molecule has 0 saturated carbocycles. The highest BCUT2D eigenvalue weighted by molar-refractivity contribution is 5.80. The van der Waals surface area contributed by atoms with E-state index in [1.807, 2.05) is 0 Å². The van der Waals surface area contributed by atoms with Gasteiger partial charge in [-0.1, -0.05) is 18.2 Å². The Morgan fingerprint density at radius 3 is 2.43 bits per heavy atom. The van der Waals surface area contributed by atoms with Crippen molar-refractivity contribution in [1.82, 2.24) is 4.57 Å².